The number of ether oxygens (including phenoxy) is 1. The predicted molar refractivity (Wildman–Crippen MR) is 119 cm³/mol. The van der Waals surface area contributed by atoms with E-state index in [9.17, 15) is 9.90 Å². The zero-order chi connectivity index (χ0) is 20.1. The Bertz CT molecular complexity index is 1130. The van der Waals surface area contributed by atoms with Crippen LogP contribution in [0.3, 0.4) is 0 Å². The predicted octanol–water partition coefficient (Wildman–Crippen LogP) is 5.34. The molecule has 0 atom stereocenters. The van der Waals surface area contributed by atoms with Crippen molar-refractivity contribution in [3.8, 4) is 17.2 Å². The fourth-order valence-electron chi connectivity index (χ4n) is 3.08. The highest BCUT2D eigenvalue weighted by molar-refractivity contribution is 6.02. The van der Waals surface area contributed by atoms with E-state index in [1.54, 1.807) is 24.4 Å². The number of hydrogen-bond donors (Lipinski definition) is 2. The molecule has 0 unspecified atom stereocenters. The van der Waals surface area contributed by atoms with Crippen molar-refractivity contribution in [2.75, 3.05) is 6.54 Å². The van der Waals surface area contributed by atoms with Gasteiger partial charge in [-0.05, 0) is 48.4 Å². The van der Waals surface area contributed by atoms with Gasteiger partial charge in [0, 0.05) is 18.1 Å². The van der Waals surface area contributed by atoms with E-state index < -0.39 is 0 Å². The van der Waals surface area contributed by atoms with Crippen molar-refractivity contribution >= 4 is 16.8 Å². The quantitative estimate of drug-likeness (QED) is 0.458. The van der Waals surface area contributed by atoms with Crippen LogP contribution in [0.5, 0.6) is 17.2 Å². The van der Waals surface area contributed by atoms with Gasteiger partial charge in [-0.25, -0.2) is 0 Å². The third kappa shape index (κ3) is 4.75. The van der Waals surface area contributed by atoms with E-state index in [0.29, 0.717) is 18.5 Å². The lowest BCUT2D eigenvalue weighted by Gasteiger charge is -2.09. The third-order valence-corrected chi connectivity index (χ3v) is 4.59. The summed E-state index contributed by atoms with van der Waals surface area (Å²) >= 11 is 0. The van der Waals surface area contributed by atoms with Crippen LogP contribution in [-0.2, 0) is 6.42 Å². The molecule has 2 N–H and O–H groups in total. The second-order valence-electron chi connectivity index (χ2n) is 6.60. The van der Waals surface area contributed by atoms with E-state index in [4.69, 9.17) is 4.74 Å². The summed E-state index contributed by atoms with van der Waals surface area (Å²) in [4.78, 5) is 16.6. The van der Waals surface area contributed by atoms with Crippen molar-refractivity contribution in [1.82, 2.24) is 10.3 Å². The number of phenolic OH excluding ortho intramolecular Hbond substituents is 1. The number of nitrogens with one attached hydrogen (secondary N) is 1. The van der Waals surface area contributed by atoms with E-state index in [0.717, 1.165) is 22.4 Å². The SMILES string of the molecule is C.O=C(NCCc1ccc(Oc2ccccc2)cc1)c1ccc2cccnc2c1O. The van der Waals surface area contributed by atoms with Gasteiger partial charge in [-0.15, -0.1) is 0 Å². The van der Waals surface area contributed by atoms with Crippen LogP contribution in [0, 0.1) is 0 Å². The molecule has 0 spiro atoms. The number of rotatable bonds is 6. The van der Waals surface area contributed by atoms with Crippen molar-refractivity contribution in [3.05, 3.63) is 96.2 Å². The first-order valence-electron chi connectivity index (χ1n) is 9.37. The molecule has 0 aliphatic carbocycles. The summed E-state index contributed by atoms with van der Waals surface area (Å²) in [6.45, 7) is 0.456. The molecule has 0 saturated heterocycles. The van der Waals surface area contributed by atoms with Crippen LogP contribution >= 0.6 is 0 Å². The van der Waals surface area contributed by atoms with Gasteiger partial charge in [-0.2, -0.15) is 0 Å². The van der Waals surface area contributed by atoms with Crippen LogP contribution in [0.2, 0.25) is 0 Å². The number of aromatic nitrogens is 1. The molecule has 152 valence electrons. The number of para-hydroxylation sites is 1. The number of amides is 1. The molecule has 0 saturated carbocycles. The summed E-state index contributed by atoms with van der Waals surface area (Å²) in [5, 5.41) is 14.0. The highest BCUT2D eigenvalue weighted by Gasteiger charge is 2.14. The van der Waals surface area contributed by atoms with Gasteiger partial charge >= 0.3 is 0 Å². The van der Waals surface area contributed by atoms with Crippen molar-refractivity contribution < 1.29 is 14.6 Å². The van der Waals surface area contributed by atoms with Gasteiger partial charge in [0.2, 0.25) is 0 Å². The first-order valence-corrected chi connectivity index (χ1v) is 9.37. The van der Waals surface area contributed by atoms with Gasteiger partial charge < -0.3 is 15.2 Å². The molecule has 4 aromatic rings. The number of nitrogens with zero attached hydrogens (tertiary/aromatic N) is 1. The third-order valence-electron chi connectivity index (χ3n) is 4.59. The first-order chi connectivity index (χ1) is 14.2. The number of benzene rings is 3. The number of hydrogen-bond acceptors (Lipinski definition) is 4. The van der Waals surface area contributed by atoms with Gasteiger partial charge in [0.25, 0.3) is 5.91 Å². The molecule has 5 nitrogen and oxygen atoms in total. The molecule has 0 aliphatic heterocycles. The topological polar surface area (TPSA) is 71.5 Å². The molecule has 0 bridgehead atoms. The van der Waals surface area contributed by atoms with E-state index >= 15 is 0 Å². The minimum atomic E-state index is -0.320. The summed E-state index contributed by atoms with van der Waals surface area (Å²) in [5.74, 6) is 1.14. The molecule has 5 heteroatoms. The van der Waals surface area contributed by atoms with Crippen LogP contribution in [0.4, 0.5) is 0 Å². The van der Waals surface area contributed by atoms with E-state index in [1.165, 1.54) is 0 Å². The summed E-state index contributed by atoms with van der Waals surface area (Å²) in [6, 6.07) is 24.4. The average molecular weight is 400 g/mol. The van der Waals surface area contributed by atoms with Gasteiger partial charge in [-0.3, -0.25) is 9.78 Å². The van der Waals surface area contributed by atoms with Gasteiger partial charge in [0.05, 0.1) is 5.56 Å². The Morgan fingerprint density at radius 2 is 1.63 bits per heavy atom. The molecule has 1 aromatic heterocycles. The van der Waals surface area contributed by atoms with Crippen molar-refractivity contribution in [3.63, 3.8) is 0 Å². The summed E-state index contributed by atoms with van der Waals surface area (Å²) in [6.07, 6.45) is 2.26. The molecular weight excluding hydrogens is 376 g/mol. The van der Waals surface area contributed by atoms with Crippen LogP contribution < -0.4 is 10.1 Å². The van der Waals surface area contributed by atoms with Crippen molar-refractivity contribution in [2.24, 2.45) is 0 Å². The lowest BCUT2D eigenvalue weighted by atomic mass is 10.1. The zero-order valence-corrected chi connectivity index (χ0v) is 15.7. The molecule has 3 aromatic carbocycles. The molecule has 0 radical (unpaired) electrons. The minimum absolute atomic E-state index is 0. The Hall–Kier alpha value is -3.86. The number of fused-ring (bicyclic) bond motifs is 1. The maximum absolute atomic E-state index is 12.4. The number of carbonyl (C=O) groups is 1. The molecule has 4 rings (SSSR count). The van der Waals surface area contributed by atoms with Crippen LogP contribution in [0.1, 0.15) is 23.3 Å². The molecule has 1 amide bonds. The highest BCUT2D eigenvalue weighted by Crippen LogP contribution is 2.26. The van der Waals surface area contributed by atoms with Gasteiger partial charge in [0.1, 0.15) is 17.0 Å². The van der Waals surface area contributed by atoms with Crippen LogP contribution in [0.15, 0.2) is 85.1 Å². The number of carbonyl (C=O) groups excluding carboxylic acids is 1. The van der Waals surface area contributed by atoms with Crippen molar-refractivity contribution in [1.29, 1.82) is 0 Å². The van der Waals surface area contributed by atoms with Crippen LogP contribution in [-0.4, -0.2) is 22.5 Å². The van der Waals surface area contributed by atoms with E-state index in [-0.39, 0.29) is 24.6 Å². The van der Waals surface area contributed by atoms with Gasteiger partial charge in [-0.1, -0.05) is 49.9 Å². The zero-order valence-electron chi connectivity index (χ0n) is 15.7. The van der Waals surface area contributed by atoms with Gasteiger partial charge in [0.15, 0.2) is 5.75 Å². The molecule has 1 heterocycles. The largest absolute Gasteiger partial charge is 0.505 e. The standard InChI is InChI=1S/C24H20N2O3.CH4/c27-23-21(13-10-18-5-4-15-25-22(18)23)24(28)26-16-14-17-8-11-20(12-9-17)29-19-6-2-1-3-7-19;/h1-13,15,27H,14,16H2,(H,26,28);1H4. The second-order valence-corrected chi connectivity index (χ2v) is 6.60. The monoisotopic (exact) mass is 400 g/mol. The summed E-state index contributed by atoms with van der Waals surface area (Å²) in [7, 11) is 0. The number of pyridine rings is 1. The average Bonchev–Trinajstić information content (AvgIpc) is 2.76. The molecule has 0 aliphatic rings. The van der Waals surface area contributed by atoms with E-state index in [1.807, 2.05) is 60.7 Å². The minimum Gasteiger partial charge on any atom is -0.505 e. The smallest absolute Gasteiger partial charge is 0.255 e. The molecular formula is C25H24N2O3. The molecule has 30 heavy (non-hydrogen) atoms. The lowest BCUT2D eigenvalue weighted by molar-refractivity contribution is 0.0951. The van der Waals surface area contributed by atoms with E-state index in [2.05, 4.69) is 10.3 Å². The summed E-state index contributed by atoms with van der Waals surface area (Å²) in [5.41, 5.74) is 1.73. The Kier molecular flexibility index (Phi) is 6.65. The number of phenols is 1. The normalized spacial score (nSPS) is 10.3. The second kappa shape index (κ2) is 9.56. The van der Waals surface area contributed by atoms with Crippen molar-refractivity contribution in [2.45, 2.75) is 13.8 Å². The fraction of sp³-hybridized carbons (Fsp3) is 0.120. The maximum atomic E-state index is 12.4. The van der Waals surface area contributed by atoms with Crippen LogP contribution in [0.25, 0.3) is 10.9 Å². The number of aromatic hydroxyl groups is 1. The fourth-order valence-corrected chi connectivity index (χ4v) is 3.08. The highest BCUT2D eigenvalue weighted by atomic mass is 16.5. The Morgan fingerprint density at radius 1 is 0.900 bits per heavy atom. The maximum Gasteiger partial charge on any atom is 0.255 e. The Morgan fingerprint density at radius 3 is 2.40 bits per heavy atom. The Balaban J connectivity index is 0.00000256. The molecule has 0 fully saturated rings. The lowest BCUT2D eigenvalue weighted by Crippen LogP contribution is -2.25. The summed E-state index contributed by atoms with van der Waals surface area (Å²) < 4.78 is 5.78. The Labute approximate surface area is 176 Å². The first kappa shape index (κ1) is 20.9.